The Morgan fingerprint density at radius 1 is 1.44 bits per heavy atom. The summed E-state index contributed by atoms with van der Waals surface area (Å²) in [6.07, 6.45) is 4.94. The van der Waals surface area contributed by atoms with E-state index in [0.717, 1.165) is 29.4 Å². The number of nitrogens with zero attached hydrogens (tertiary/aromatic N) is 1. The highest BCUT2D eigenvalue weighted by Gasteiger charge is 2.17. The van der Waals surface area contributed by atoms with Crippen molar-refractivity contribution in [3.8, 4) is 6.07 Å². The smallest absolute Gasteiger partial charge is 0.120 e. The van der Waals surface area contributed by atoms with Gasteiger partial charge in [-0.2, -0.15) is 5.26 Å². The van der Waals surface area contributed by atoms with Gasteiger partial charge in [-0.3, -0.25) is 0 Å². The van der Waals surface area contributed by atoms with E-state index >= 15 is 0 Å². The predicted molar refractivity (Wildman–Crippen MR) is 69.2 cm³/mol. The highest BCUT2D eigenvalue weighted by molar-refractivity contribution is 7.99. The summed E-state index contributed by atoms with van der Waals surface area (Å²) in [5.41, 5.74) is 0.843. The highest BCUT2D eigenvalue weighted by atomic mass is 32.2. The minimum Gasteiger partial charge on any atom is -0.496 e. The van der Waals surface area contributed by atoms with Gasteiger partial charge in [0, 0.05) is 5.75 Å². The first-order chi connectivity index (χ1) is 7.81. The highest BCUT2D eigenvalue weighted by Crippen LogP contribution is 2.26. The fraction of sp³-hybridized carbons (Fsp3) is 0.769. The largest absolute Gasteiger partial charge is 0.496 e. The van der Waals surface area contributed by atoms with E-state index in [0.29, 0.717) is 5.92 Å². The Labute approximate surface area is 103 Å². The van der Waals surface area contributed by atoms with E-state index in [1.165, 1.54) is 25.7 Å². The number of unbranched alkanes of at least 4 members (excludes halogenated alkanes) is 1. The molecule has 0 aromatic carbocycles. The molecule has 0 bridgehead atoms. The molecule has 1 aliphatic heterocycles. The molecule has 0 amide bonds. The van der Waals surface area contributed by atoms with Crippen molar-refractivity contribution >= 4 is 11.8 Å². The number of hydrogen-bond donors (Lipinski definition) is 0. The van der Waals surface area contributed by atoms with Crippen LogP contribution in [0.15, 0.2) is 11.3 Å². The van der Waals surface area contributed by atoms with Crippen LogP contribution in [0.4, 0.5) is 0 Å². The van der Waals surface area contributed by atoms with Gasteiger partial charge in [0.05, 0.1) is 24.0 Å². The minimum atomic E-state index is 0.651. The Bertz CT molecular complexity index is 280. The second-order valence-electron chi connectivity index (χ2n) is 4.23. The molecule has 0 aromatic heterocycles. The summed E-state index contributed by atoms with van der Waals surface area (Å²) in [5.74, 6) is 3.30. The molecular formula is C13H21NOS. The molecule has 1 unspecified atom stereocenters. The molecule has 0 saturated heterocycles. The number of rotatable bonds is 7. The summed E-state index contributed by atoms with van der Waals surface area (Å²) in [7, 11) is 0. The van der Waals surface area contributed by atoms with Gasteiger partial charge >= 0.3 is 0 Å². The van der Waals surface area contributed by atoms with Gasteiger partial charge in [-0.25, -0.2) is 0 Å². The Morgan fingerprint density at radius 2 is 2.25 bits per heavy atom. The molecule has 1 rings (SSSR count). The maximum absolute atomic E-state index is 8.90. The third-order valence-electron chi connectivity index (χ3n) is 2.99. The van der Waals surface area contributed by atoms with Crippen LogP contribution < -0.4 is 0 Å². The fourth-order valence-electron chi connectivity index (χ4n) is 1.75. The number of ether oxygens (including phenoxy) is 1. The third-order valence-corrected chi connectivity index (χ3v) is 3.95. The van der Waals surface area contributed by atoms with E-state index in [2.05, 4.69) is 19.9 Å². The summed E-state index contributed by atoms with van der Waals surface area (Å²) in [6.45, 7) is 5.22. The Hall–Kier alpha value is -0.620. The first kappa shape index (κ1) is 13.4. The van der Waals surface area contributed by atoms with Crippen LogP contribution in [0.25, 0.3) is 0 Å². The lowest BCUT2D eigenvalue weighted by Gasteiger charge is -2.16. The lowest BCUT2D eigenvalue weighted by atomic mass is 10.0. The third kappa shape index (κ3) is 4.09. The molecule has 0 spiro atoms. The van der Waals surface area contributed by atoms with Gasteiger partial charge in [0.15, 0.2) is 0 Å². The van der Waals surface area contributed by atoms with Crippen LogP contribution in [-0.4, -0.2) is 18.1 Å². The molecule has 16 heavy (non-hydrogen) atoms. The molecule has 0 fully saturated rings. The molecule has 0 saturated carbocycles. The van der Waals surface area contributed by atoms with Crippen LogP contribution in [0.3, 0.4) is 0 Å². The fourth-order valence-corrected chi connectivity index (χ4v) is 2.73. The lowest BCUT2D eigenvalue weighted by Crippen LogP contribution is -2.09. The SMILES string of the molecule is CCCCC(CC)COC1=C(C#N)CSC1. The first-order valence-electron chi connectivity index (χ1n) is 6.14. The van der Waals surface area contributed by atoms with Gasteiger partial charge in [0.25, 0.3) is 0 Å². The maximum Gasteiger partial charge on any atom is 0.120 e. The lowest BCUT2D eigenvalue weighted by molar-refractivity contribution is 0.158. The number of thioether (sulfide) groups is 1. The van der Waals surface area contributed by atoms with E-state index < -0.39 is 0 Å². The van der Waals surface area contributed by atoms with Crippen molar-refractivity contribution in [2.24, 2.45) is 5.92 Å². The van der Waals surface area contributed by atoms with Gasteiger partial charge in [0.2, 0.25) is 0 Å². The van der Waals surface area contributed by atoms with Crippen LogP contribution >= 0.6 is 11.8 Å². The average molecular weight is 239 g/mol. The molecule has 0 aromatic rings. The van der Waals surface area contributed by atoms with Crippen LogP contribution in [0.5, 0.6) is 0 Å². The van der Waals surface area contributed by atoms with E-state index in [1.54, 1.807) is 11.8 Å². The molecule has 90 valence electrons. The summed E-state index contributed by atoms with van der Waals surface area (Å²) in [6, 6.07) is 2.23. The van der Waals surface area contributed by atoms with Gasteiger partial charge in [-0.1, -0.05) is 33.1 Å². The van der Waals surface area contributed by atoms with Crippen molar-refractivity contribution < 1.29 is 4.74 Å². The van der Waals surface area contributed by atoms with Gasteiger partial charge in [-0.05, 0) is 12.3 Å². The summed E-state index contributed by atoms with van der Waals surface area (Å²) >= 11 is 1.77. The molecule has 1 aliphatic rings. The number of hydrogen-bond acceptors (Lipinski definition) is 3. The predicted octanol–water partition coefficient (Wildman–Crippen LogP) is 3.74. The second kappa shape index (κ2) is 7.62. The monoisotopic (exact) mass is 239 g/mol. The van der Waals surface area contributed by atoms with Crippen molar-refractivity contribution in [2.45, 2.75) is 39.5 Å². The van der Waals surface area contributed by atoms with E-state index in [-0.39, 0.29) is 0 Å². The molecule has 1 heterocycles. The molecule has 3 heteroatoms. The normalized spacial score (nSPS) is 17.3. The average Bonchev–Trinajstić information content (AvgIpc) is 2.77. The molecule has 0 aliphatic carbocycles. The van der Waals surface area contributed by atoms with Crippen LogP contribution in [0.1, 0.15) is 39.5 Å². The van der Waals surface area contributed by atoms with Gasteiger partial charge in [-0.15, -0.1) is 11.8 Å². The van der Waals surface area contributed by atoms with Gasteiger partial charge < -0.3 is 4.74 Å². The number of nitriles is 1. The van der Waals surface area contributed by atoms with Crippen molar-refractivity contribution in [3.05, 3.63) is 11.3 Å². The molecule has 0 radical (unpaired) electrons. The van der Waals surface area contributed by atoms with Gasteiger partial charge in [0.1, 0.15) is 5.76 Å². The summed E-state index contributed by atoms with van der Waals surface area (Å²) in [4.78, 5) is 0. The zero-order valence-corrected chi connectivity index (χ0v) is 11.1. The summed E-state index contributed by atoms with van der Waals surface area (Å²) in [5, 5.41) is 8.90. The van der Waals surface area contributed by atoms with Crippen LogP contribution in [0.2, 0.25) is 0 Å². The molecular weight excluding hydrogens is 218 g/mol. The quantitative estimate of drug-likeness (QED) is 0.678. The molecule has 0 N–H and O–H groups in total. The van der Waals surface area contributed by atoms with Crippen molar-refractivity contribution in [3.63, 3.8) is 0 Å². The first-order valence-corrected chi connectivity index (χ1v) is 7.29. The van der Waals surface area contributed by atoms with Crippen molar-refractivity contribution in [2.75, 3.05) is 18.1 Å². The summed E-state index contributed by atoms with van der Waals surface area (Å²) < 4.78 is 5.79. The Morgan fingerprint density at radius 3 is 2.88 bits per heavy atom. The molecule has 2 nitrogen and oxygen atoms in total. The van der Waals surface area contributed by atoms with E-state index in [4.69, 9.17) is 10.00 Å². The van der Waals surface area contributed by atoms with Crippen LogP contribution in [0, 0.1) is 17.2 Å². The molecule has 1 atom stereocenters. The maximum atomic E-state index is 8.90. The van der Waals surface area contributed by atoms with E-state index in [1.807, 2.05) is 0 Å². The van der Waals surface area contributed by atoms with Crippen LogP contribution in [-0.2, 0) is 4.74 Å². The van der Waals surface area contributed by atoms with E-state index in [9.17, 15) is 0 Å². The standard InChI is InChI=1S/C13H21NOS/c1-3-5-6-11(4-2)8-15-13-10-16-9-12(13)7-14/h11H,3-6,8-10H2,1-2H3. The van der Waals surface area contributed by atoms with Crippen molar-refractivity contribution in [1.82, 2.24) is 0 Å². The Balaban J connectivity index is 2.34. The van der Waals surface area contributed by atoms with Crippen molar-refractivity contribution in [1.29, 1.82) is 5.26 Å². The zero-order valence-electron chi connectivity index (χ0n) is 10.3. The minimum absolute atomic E-state index is 0.651. The second-order valence-corrected chi connectivity index (χ2v) is 5.22. The topological polar surface area (TPSA) is 33.0 Å². The Kier molecular flexibility index (Phi) is 6.40. The zero-order chi connectivity index (χ0) is 11.8.